The molecular formula is C20H29BrN3O6PS2. The Morgan fingerprint density at radius 2 is 2.06 bits per heavy atom. The van der Waals surface area contributed by atoms with Crippen LogP contribution in [0.2, 0.25) is 0 Å². The van der Waals surface area contributed by atoms with E-state index in [0.717, 1.165) is 26.5 Å². The number of hydrogen-bond acceptors (Lipinski definition) is 10. The average Bonchev–Trinajstić information content (AvgIpc) is 3.11. The van der Waals surface area contributed by atoms with Gasteiger partial charge >= 0.3 is 13.7 Å². The molecule has 2 rings (SSSR count). The molecule has 0 aliphatic heterocycles. The predicted molar refractivity (Wildman–Crippen MR) is 137 cm³/mol. The van der Waals surface area contributed by atoms with Crippen LogP contribution in [0.1, 0.15) is 39.7 Å². The van der Waals surface area contributed by atoms with E-state index in [1.807, 2.05) is 27.7 Å². The largest absolute Gasteiger partial charge is 0.466 e. The lowest BCUT2D eigenvalue weighted by atomic mass is 10.00. The molecule has 1 aromatic carbocycles. The minimum absolute atomic E-state index is 0.000701. The van der Waals surface area contributed by atoms with E-state index in [2.05, 4.69) is 26.0 Å². The molecule has 0 aliphatic carbocycles. The van der Waals surface area contributed by atoms with Crippen molar-refractivity contribution in [3.63, 3.8) is 0 Å². The van der Waals surface area contributed by atoms with Gasteiger partial charge in [0.2, 0.25) is 0 Å². The van der Waals surface area contributed by atoms with Crippen LogP contribution in [0.3, 0.4) is 0 Å². The first-order valence-electron chi connectivity index (χ1n) is 10.2. The number of nitrogens with one attached hydrogen (secondary N) is 1. The molecule has 0 radical (unpaired) electrons. The van der Waals surface area contributed by atoms with E-state index in [1.165, 1.54) is 11.3 Å². The number of aryl methyl sites for hydroxylation is 1. The zero-order valence-corrected chi connectivity index (χ0v) is 23.3. The number of ether oxygens (including phenoxy) is 1. The number of fused-ring (bicyclic) bond motifs is 1. The number of thioether (sulfide) groups is 1. The SMILES string of the molecule is CCOC(=O)CCNP(=O)(OCCSC(=O)C(C)(C)C)Oc1cc(Br)c(C)c2sc(N)nc12. The van der Waals surface area contributed by atoms with Crippen LogP contribution >= 0.6 is 46.8 Å². The quantitative estimate of drug-likeness (QED) is 0.205. The Kier molecular flexibility index (Phi) is 10.2. The average molecular weight is 582 g/mol. The van der Waals surface area contributed by atoms with Crippen molar-refractivity contribution in [2.75, 3.05) is 31.2 Å². The van der Waals surface area contributed by atoms with Crippen LogP contribution in [-0.2, 0) is 23.4 Å². The zero-order valence-electron chi connectivity index (χ0n) is 19.2. The summed E-state index contributed by atoms with van der Waals surface area (Å²) in [6.45, 7) is 9.36. The van der Waals surface area contributed by atoms with Gasteiger partial charge in [-0.15, -0.1) is 0 Å². The van der Waals surface area contributed by atoms with Gasteiger partial charge in [-0.1, -0.05) is 59.8 Å². The minimum atomic E-state index is -3.93. The second kappa shape index (κ2) is 12.0. The van der Waals surface area contributed by atoms with Crippen molar-refractivity contribution in [3.8, 4) is 5.75 Å². The molecule has 9 nitrogen and oxygen atoms in total. The second-order valence-electron chi connectivity index (χ2n) is 7.98. The molecule has 33 heavy (non-hydrogen) atoms. The number of benzene rings is 1. The van der Waals surface area contributed by atoms with Crippen LogP contribution in [0.15, 0.2) is 10.5 Å². The normalized spacial score (nSPS) is 13.6. The summed E-state index contributed by atoms with van der Waals surface area (Å²) in [5, 5.41) is 3.05. The van der Waals surface area contributed by atoms with E-state index >= 15 is 0 Å². The van der Waals surface area contributed by atoms with Crippen molar-refractivity contribution in [1.29, 1.82) is 0 Å². The van der Waals surface area contributed by atoms with Gasteiger partial charge in [0.15, 0.2) is 16.0 Å². The molecule has 1 heterocycles. The van der Waals surface area contributed by atoms with Gasteiger partial charge in [-0.2, -0.15) is 0 Å². The molecule has 2 aromatic rings. The number of nitrogen functional groups attached to an aromatic ring is 1. The highest BCUT2D eigenvalue weighted by atomic mass is 79.9. The predicted octanol–water partition coefficient (Wildman–Crippen LogP) is 5.30. The first kappa shape index (κ1) is 28.1. The third-order valence-electron chi connectivity index (χ3n) is 4.18. The van der Waals surface area contributed by atoms with Gasteiger partial charge in [0.1, 0.15) is 5.52 Å². The van der Waals surface area contributed by atoms with Crippen LogP contribution in [0.4, 0.5) is 5.13 Å². The number of nitrogens with zero attached hydrogens (tertiary/aromatic N) is 1. The smallest absolute Gasteiger partial charge is 0.458 e. The minimum Gasteiger partial charge on any atom is -0.466 e. The summed E-state index contributed by atoms with van der Waals surface area (Å²) < 4.78 is 31.4. The summed E-state index contributed by atoms with van der Waals surface area (Å²) in [7, 11) is -3.93. The standard InChI is InChI=1S/C20H29BrN3O6PS2/c1-6-28-15(25)7-8-23-31(27,29-9-10-32-18(26)20(3,4)5)30-14-11-13(21)12(2)17-16(14)24-19(22)33-17/h11H,6-10H2,1-5H3,(H2,22,24)(H,23,27). The van der Waals surface area contributed by atoms with Crippen LogP contribution < -0.4 is 15.3 Å². The number of nitrogens with two attached hydrogens (primary N) is 1. The van der Waals surface area contributed by atoms with Gasteiger partial charge < -0.3 is 15.0 Å². The van der Waals surface area contributed by atoms with Crippen LogP contribution in [0.25, 0.3) is 10.2 Å². The first-order chi connectivity index (χ1) is 15.4. The number of esters is 1. The Hall–Kier alpha value is -1.17. The zero-order chi connectivity index (χ0) is 24.8. The monoisotopic (exact) mass is 581 g/mol. The van der Waals surface area contributed by atoms with E-state index in [1.54, 1.807) is 13.0 Å². The molecule has 0 bridgehead atoms. The fourth-order valence-corrected chi connectivity index (χ4v) is 6.12. The number of carbonyl (C=O) groups excluding carboxylic acids is 2. The Morgan fingerprint density at radius 3 is 2.70 bits per heavy atom. The van der Waals surface area contributed by atoms with Crippen LogP contribution in [0, 0.1) is 12.3 Å². The molecule has 0 fully saturated rings. The van der Waals surface area contributed by atoms with Crippen LogP contribution in [0.5, 0.6) is 5.75 Å². The van der Waals surface area contributed by atoms with Crippen molar-refractivity contribution in [2.24, 2.45) is 5.41 Å². The molecule has 0 aliphatic rings. The Morgan fingerprint density at radius 1 is 1.36 bits per heavy atom. The van der Waals surface area contributed by atoms with E-state index in [4.69, 9.17) is 19.5 Å². The molecule has 0 spiro atoms. The van der Waals surface area contributed by atoms with E-state index in [-0.39, 0.29) is 37.0 Å². The number of aromatic nitrogens is 1. The maximum absolute atomic E-state index is 13.5. The highest BCUT2D eigenvalue weighted by molar-refractivity contribution is 9.10. The number of hydrogen-bond donors (Lipinski definition) is 2. The lowest BCUT2D eigenvalue weighted by molar-refractivity contribution is -0.142. The maximum Gasteiger partial charge on any atom is 0.458 e. The Labute approximate surface area is 210 Å². The van der Waals surface area contributed by atoms with Crippen molar-refractivity contribution in [3.05, 3.63) is 16.1 Å². The first-order valence-corrected chi connectivity index (χ1v) is 14.4. The highest BCUT2D eigenvalue weighted by Gasteiger charge is 2.29. The third-order valence-corrected chi connectivity index (χ3v) is 8.83. The van der Waals surface area contributed by atoms with Gasteiger partial charge in [0, 0.05) is 22.2 Å². The number of anilines is 1. The lowest BCUT2D eigenvalue weighted by Crippen LogP contribution is -2.22. The number of carbonyl (C=O) groups is 2. The lowest BCUT2D eigenvalue weighted by Gasteiger charge is -2.21. The molecular weight excluding hydrogens is 553 g/mol. The summed E-state index contributed by atoms with van der Waals surface area (Å²) in [6, 6.07) is 1.65. The van der Waals surface area contributed by atoms with Gasteiger partial charge in [0.05, 0.1) is 24.3 Å². The molecule has 13 heteroatoms. The molecule has 0 saturated carbocycles. The molecule has 1 unspecified atom stereocenters. The molecule has 0 saturated heterocycles. The summed E-state index contributed by atoms with van der Waals surface area (Å²) in [5.74, 6) is 0.0797. The molecule has 184 valence electrons. The second-order valence-corrected chi connectivity index (χ2v) is 12.7. The van der Waals surface area contributed by atoms with E-state index in [9.17, 15) is 14.2 Å². The van der Waals surface area contributed by atoms with E-state index < -0.39 is 19.1 Å². The summed E-state index contributed by atoms with van der Waals surface area (Å²) in [5.41, 5.74) is 6.78. The summed E-state index contributed by atoms with van der Waals surface area (Å²) in [4.78, 5) is 28.1. The third kappa shape index (κ3) is 8.22. The highest BCUT2D eigenvalue weighted by Crippen LogP contribution is 2.48. The van der Waals surface area contributed by atoms with Crippen molar-refractivity contribution in [2.45, 2.75) is 41.0 Å². The van der Waals surface area contributed by atoms with Crippen molar-refractivity contribution < 1.29 is 27.9 Å². The molecule has 1 atom stereocenters. The molecule has 1 aromatic heterocycles. The van der Waals surface area contributed by atoms with Crippen molar-refractivity contribution >= 4 is 73.2 Å². The Balaban J connectivity index is 2.19. The fourth-order valence-electron chi connectivity index (χ4n) is 2.50. The summed E-state index contributed by atoms with van der Waals surface area (Å²) in [6.07, 6.45) is -0.0154. The maximum atomic E-state index is 13.5. The van der Waals surface area contributed by atoms with E-state index in [0.29, 0.717) is 16.4 Å². The van der Waals surface area contributed by atoms with Crippen molar-refractivity contribution in [1.82, 2.24) is 10.1 Å². The number of rotatable bonds is 11. The van der Waals surface area contributed by atoms with Gasteiger partial charge in [-0.25, -0.2) is 14.6 Å². The Bertz CT molecular complexity index is 1060. The van der Waals surface area contributed by atoms with Gasteiger partial charge in [0.25, 0.3) is 0 Å². The van der Waals surface area contributed by atoms with Crippen LogP contribution in [-0.4, -0.2) is 41.6 Å². The summed E-state index contributed by atoms with van der Waals surface area (Å²) >= 11 is 5.87. The van der Waals surface area contributed by atoms with Gasteiger partial charge in [-0.3, -0.25) is 14.1 Å². The molecule has 0 amide bonds. The topological polar surface area (TPSA) is 130 Å². The fraction of sp³-hybridized carbons (Fsp3) is 0.550. The molecule has 3 N–H and O–H groups in total. The van der Waals surface area contributed by atoms with Gasteiger partial charge in [-0.05, 0) is 25.5 Å². The number of thiazole rings is 1. The number of halogens is 1.